The van der Waals surface area contributed by atoms with Crippen LogP contribution in [0.15, 0.2) is 0 Å². The lowest BCUT2D eigenvalue weighted by Crippen LogP contribution is -2.28. The van der Waals surface area contributed by atoms with Crippen LogP contribution in [0.2, 0.25) is 0 Å². The molecule has 0 aromatic carbocycles. The molecule has 5 heteroatoms. The van der Waals surface area contributed by atoms with E-state index < -0.39 is 6.10 Å². The molecule has 0 saturated carbocycles. The van der Waals surface area contributed by atoms with E-state index in [1.807, 2.05) is 0 Å². The summed E-state index contributed by atoms with van der Waals surface area (Å²) in [6.45, 7) is 4.19. The Labute approximate surface area is 338 Å². The fourth-order valence-electron chi connectivity index (χ4n) is 7.68. The molecule has 0 aliphatic rings. The Bertz CT molecular complexity index is 740. The maximum atomic E-state index is 12.2. The highest BCUT2D eigenvalue weighted by molar-refractivity contribution is 5.70. The maximum Gasteiger partial charge on any atom is 0.306 e. The molecule has 0 aliphatic heterocycles. The fourth-order valence-corrected chi connectivity index (χ4v) is 7.68. The number of aliphatic hydroxyl groups is 1. The van der Waals surface area contributed by atoms with E-state index >= 15 is 0 Å². The second-order valence-corrected chi connectivity index (χ2v) is 16.9. The average Bonchev–Trinajstić information content (AvgIpc) is 3.17. The Balaban J connectivity index is 3.43. The molecular formula is C49H96O5. The summed E-state index contributed by atoms with van der Waals surface area (Å²) in [5.74, 6) is -0.567. The Morgan fingerprint density at radius 1 is 0.352 bits per heavy atom. The zero-order chi connectivity index (χ0) is 39.3. The van der Waals surface area contributed by atoms with Gasteiger partial charge in [0, 0.05) is 12.8 Å². The molecule has 54 heavy (non-hydrogen) atoms. The number of rotatable bonds is 46. The highest BCUT2D eigenvalue weighted by atomic mass is 16.6. The Morgan fingerprint density at radius 2 is 0.574 bits per heavy atom. The van der Waals surface area contributed by atoms with Crippen LogP contribution in [0.1, 0.15) is 284 Å². The first-order valence-corrected chi connectivity index (χ1v) is 24.6. The van der Waals surface area contributed by atoms with Gasteiger partial charge >= 0.3 is 11.9 Å². The van der Waals surface area contributed by atoms with Gasteiger partial charge in [0.15, 0.2) is 6.10 Å². The highest BCUT2D eigenvalue weighted by Crippen LogP contribution is 2.17. The van der Waals surface area contributed by atoms with Crippen LogP contribution in [0.3, 0.4) is 0 Å². The number of ether oxygens (including phenoxy) is 2. The molecule has 322 valence electrons. The molecule has 0 unspecified atom stereocenters. The topological polar surface area (TPSA) is 72.8 Å². The molecule has 1 N–H and O–H groups in total. The van der Waals surface area contributed by atoms with Crippen LogP contribution < -0.4 is 0 Å². The van der Waals surface area contributed by atoms with Crippen molar-refractivity contribution in [1.29, 1.82) is 0 Å². The molecule has 5 nitrogen and oxygen atoms in total. The van der Waals surface area contributed by atoms with Crippen LogP contribution in [0.5, 0.6) is 0 Å². The first-order valence-electron chi connectivity index (χ1n) is 24.6. The van der Waals surface area contributed by atoms with Gasteiger partial charge < -0.3 is 14.6 Å². The molecule has 0 rings (SSSR count). The van der Waals surface area contributed by atoms with Gasteiger partial charge in [-0.3, -0.25) is 9.59 Å². The maximum absolute atomic E-state index is 12.2. The van der Waals surface area contributed by atoms with Crippen molar-refractivity contribution in [2.24, 2.45) is 0 Å². The summed E-state index contributed by atoms with van der Waals surface area (Å²) in [6, 6.07) is 0. The SMILES string of the molecule is CCCCCCCCCCCCCCCCCCCCCCCCC(=O)O[C@@H](CO)COC(=O)CCCCCCCCCCCCCCCCCCCC. The van der Waals surface area contributed by atoms with Crippen LogP contribution in [-0.4, -0.2) is 36.4 Å². The summed E-state index contributed by atoms with van der Waals surface area (Å²) in [6.07, 6.45) is 53.4. The highest BCUT2D eigenvalue weighted by Gasteiger charge is 2.16. The van der Waals surface area contributed by atoms with E-state index in [1.54, 1.807) is 0 Å². The van der Waals surface area contributed by atoms with Crippen molar-refractivity contribution in [1.82, 2.24) is 0 Å². The third kappa shape index (κ3) is 43.6. The summed E-state index contributed by atoms with van der Waals surface area (Å²) >= 11 is 0. The lowest BCUT2D eigenvalue weighted by Gasteiger charge is -2.15. The second-order valence-electron chi connectivity index (χ2n) is 16.9. The number of hydrogen-bond acceptors (Lipinski definition) is 5. The Hall–Kier alpha value is -1.10. The lowest BCUT2D eigenvalue weighted by molar-refractivity contribution is -0.161. The molecular weight excluding hydrogens is 669 g/mol. The summed E-state index contributed by atoms with van der Waals surface area (Å²) in [7, 11) is 0. The molecule has 0 radical (unpaired) electrons. The molecule has 0 bridgehead atoms. The standard InChI is InChI=1S/C49H96O5/c1-3-5-7-9-11-13-15-17-19-21-23-24-25-26-28-30-32-34-36-38-40-42-44-49(52)54-47(45-50)46-53-48(51)43-41-39-37-35-33-31-29-27-22-20-18-16-14-12-10-8-6-4-2/h47,50H,3-46H2,1-2H3/t47-/m0/s1. The van der Waals surface area contributed by atoms with Crippen molar-refractivity contribution in [3.8, 4) is 0 Å². The van der Waals surface area contributed by atoms with Gasteiger partial charge in [0.2, 0.25) is 0 Å². The monoisotopic (exact) mass is 765 g/mol. The molecule has 0 fully saturated rings. The van der Waals surface area contributed by atoms with E-state index in [9.17, 15) is 14.7 Å². The second kappa shape index (κ2) is 46.3. The van der Waals surface area contributed by atoms with Crippen LogP contribution in [0, 0.1) is 0 Å². The molecule has 0 aromatic rings. The van der Waals surface area contributed by atoms with E-state index in [1.165, 1.54) is 225 Å². The first-order chi connectivity index (χ1) is 26.6. The first kappa shape index (κ1) is 52.9. The molecule has 1 atom stereocenters. The quantitative estimate of drug-likeness (QED) is 0.0494. The van der Waals surface area contributed by atoms with E-state index in [0.29, 0.717) is 12.8 Å². The van der Waals surface area contributed by atoms with Crippen LogP contribution in [-0.2, 0) is 19.1 Å². The summed E-state index contributed by atoms with van der Waals surface area (Å²) in [4.78, 5) is 24.4. The Kier molecular flexibility index (Phi) is 45.3. The minimum atomic E-state index is -0.763. The summed E-state index contributed by atoms with van der Waals surface area (Å²) in [5, 5.41) is 9.61. The molecule has 0 amide bonds. The number of esters is 2. The van der Waals surface area contributed by atoms with Gasteiger partial charge in [-0.25, -0.2) is 0 Å². The number of aliphatic hydroxyl groups excluding tert-OH is 1. The molecule has 0 aromatic heterocycles. The van der Waals surface area contributed by atoms with Crippen LogP contribution in [0.25, 0.3) is 0 Å². The lowest BCUT2D eigenvalue weighted by atomic mass is 10.0. The number of carbonyl (C=O) groups is 2. The zero-order valence-electron chi connectivity index (χ0n) is 36.8. The van der Waals surface area contributed by atoms with Gasteiger partial charge in [0.1, 0.15) is 6.61 Å². The van der Waals surface area contributed by atoms with Crippen molar-refractivity contribution in [2.75, 3.05) is 13.2 Å². The van der Waals surface area contributed by atoms with Gasteiger partial charge in [-0.2, -0.15) is 0 Å². The number of carbonyl (C=O) groups excluding carboxylic acids is 2. The molecule has 0 saturated heterocycles. The average molecular weight is 765 g/mol. The van der Waals surface area contributed by atoms with E-state index in [0.717, 1.165) is 32.1 Å². The summed E-state index contributed by atoms with van der Waals surface area (Å²) in [5.41, 5.74) is 0. The van der Waals surface area contributed by atoms with Crippen molar-refractivity contribution in [3.05, 3.63) is 0 Å². The van der Waals surface area contributed by atoms with Crippen LogP contribution in [0.4, 0.5) is 0 Å². The van der Waals surface area contributed by atoms with Gasteiger partial charge in [-0.1, -0.05) is 258 Å². The van der Waals surface area contributed by atoms with Crippen molar-refractivity contribution in [2.45, 2.75) is 290 Å². The van der Waals surface area contributed by atoms with Gasteiger partial charge in [-0.05, 0) is 12.8 Å². The van der Waals surface area contributed by atoms with E-state index in [4.69, 9.17) is 9.47 Å². The van der Waals surface area contributed by atoms with Crippen molar-refractivity contribution in [3.63, 3.8) is 0 Å². The molecule has 0 aliphatic carbocycles. The number of unbranched alkanes of at least 4 members (excludes halogenated alkanes) is 38. The summed E-state index contributed by atoms with van der Waals surface area (Å²) < 4.78 is 10.7. The third-order valence-corrected chi connectivity index (χ3v) is 11.4. The van der Waals surface area contributed by atoms with Gasteiger partial charge in [-0.15, -0.1) is 0 Å². The minimum Gasteiger partial charge on any atom is -0.462 e. The molecule has 0 spiro atoms. The van der Waals surface area contributed by atoms with Crippen molar-refractivity contribution < 1.29 is 24.2 Å². The normalized spacial score (nSPS) is 12.0. The van der Waals surface area contributed by atoms with Crippen molar-refractivity contribution >= 4 is 11.9 Å². The van der Waals surface area contributed by atoms with E-state index in [2.05, 4.69) is 13.8 Å². The number of hydrogen-bond donors (Lipinski definition) is 1. The predicted octanol–water partition coefficient (Wildman–Crippen LogP) is 15.9. The molecule has 0 heterocycles. The largest absolute Gasteiger partial charge is 0.462 e. The zero-order valence-corrected chi connectivity index (χ0v) is 36.8. The Morgan fingerprint density at radius 3 is 0.815 bits per heavy atom. The third-order valence-electron chi connectivity index (χ3n) is 11.4. The van der Waals surface area contributed by atoms with E-state index in [-0.39, 0.29) is 25.2 Å². The van der Waals surface area contributed by atoms with Gasteiger partial charge in [0.25, 0.3) is 0 Å². The predicted molar refractivity (Wildman–Crippen MR) is 233 cm³/mol. The smallest absolute Gasteiger partial charge is 0.306 e. The fraction of sp³-hybridized carbons (Fsp3) is 0.959. The van der Waals surface area contributed by atoms with Crippen LogP contribution >= 0.6 is 0 Å². The minimum absolute atomic E-state index is 0.0561. The van der Waals surface area contributed by atoms with Gasteiger partial charge in [0.05, 0.1) is 6.61 Å².